The molecule has 0 spiro atoms. The lowest BCUT2D eigenvalue weighted by Crippen LogP contribution is -1.97. The lowest BCUT2D eigenvalue weighted by molar-refractivity contribution is 0.111. The Bertz CT molecular complexity index is 1100. The van der Waals surface area contributed by atoms with Crippen molar-refractivity contribution in [1.29, 1.82) is 0 Å². The number of hydrogen-bond donors (Lipinski definition) is 3. The Morgan fingerprint density at radius 3 is 1.89 bits per heavy atom. The topological polar surface area (TPSA) is 112 Å². The highest BCUT2D eigenvalue weighted by molar-refractivity contribution is 5.85. The van der Waals surface area contributed by atoms with Gasteiger partial charge in [-0.1, -0.05) is 42.5 Å². The second-order valence-electron chi connectivity index (χ2n) is 5.83. The van der Waals surface area contributed by atoms with Crippen LogP contribution in [0.2, 0.25) is 0 Å². The predicted octanol–water partition coefficient (Wildman–Crippen LogP) is 3.12. The standard InChI is InChI=1S/C21H14O6/c22-10-12-4-6-14(7-5-12)16-9-17(15-3-1-2-13(8-15)11-23)19(25)21(27)20(26)18(16)24/h1-11H,(H3,24,25,26,27). The van der Waals surface area contributed by atoms with Crippen molar-refractivity contribution in [3.63, 3.8) is 0 Å². The first-order chi connectivity index (χ1) is 13.0. The number of rotatable bonds is 4. The van der Waals surface area contributed by atoms with Gasteiger partial charge in [0.1, 0.15) is 12.6 Å². The van der Waals surface area contributed by atoms with E-state index < -0.39 is 22.7 Å². The minimum atomic E-state index is -1.14. The van der Waals surface area contributed by atoms with Crippen LogP contribution >= 0.6 is 0 Å². The smallest absolute Gasteiger partial charge is 0.266 e. The Labute approximate surface area is 153 Å². The van der Waals surface area contributed by atoms with Gasteiger partial charge >= 0.3 is 0 Å². The van der Waals surface area contributed by atoms with Crippen molar-refractivity contribution in [2.24, 2.45) is 0 Å². The van der Waals surface area contributed by atoms with Crippen molar-refractivity contribution in [3.05, 3.63) is 75.9 Å². The summed E-state index contributed by atoms with van der Waals surface area (Å²) in [5.74, 6) is -2.47. The van der Waals surface area contributed by atoms with Crippen molar-refractivity contribution in [2.75, 3.05) is 0 Å². The van der Waals surface area contributed by atoms with Crippen LogP contribution in [0.3, 0.4) is 0 Å². The molecule has 3 N–H and O–H groups in total. The molecule has 0 radical (unpaired) electrons. The molecule has 0 atom stereocenters. The van der Waals surface area contributed by atoms with Crippen LogP contribution < -0.4 is 5.43 Å². The van der Waals surface area contributed by atoms with Gasteiger partial charge in [-0.15, -0.1) is 0 Å². The molecule has 6 heteroatoms. The quantitative estimate of drug-likeness (QED) is 0.615. The van der Waals surface area contributed by atoms with E-state index >= 15 is 0 Å². The maximum Gasteiger partial charge on any atom is 0.266 e. The largest absolute Gasteiger partial charge is 0.504 e. The summed E-state index contributed by atoms with van der Waals surface area (Å²) >= 11 is 0. The van der Waals surface area contributed by atoms with E-state index in [4.69, 9.17) is 0 Å². The fraction of sp³-hybridized carbons (Fsp3) is 0. The zero-order valence-corrected chi connectivity index (χ0v) is 13.9. The van der Waals surface area contributed by atoms with E-state index in [1.807, 2.05) is 0 Å². The van der Waals surface area contributed by atoms with Crippen LogP contribution in [0.5, 0.6) is 17.2 Å². The summed E-state index contributed by atoms with van der Waals surface area (Å²) in [7, 11) is 0. The third kappa shape index (κ3) is 3.28. The Morgan fingerprint density at radius 1 is 0.630 bits per heavy atom. The fourth-order valence-electron chi connectivity index (χ4n) is 2.71. The number of aromatic hydroxyl groups is 3. The Balaban J connectivity index is 2.36. The molecule has 0 bridgehead atoms. The summed E-state index contributed by atoms with van der Waals surface area (Å²) in [6, 6.07) is 13.6. The zero-order chi connectivity index (χ0) is 19.6. The van der Waals surface area contributed by atoms with Gasteiger partial charge in [0.2, 0.25) is 5.75 Å². The van der Waals surface area contributed by atoms with E-state index in [0.717, 1.165) is 0 Å². The number of hydrogen-bond acceptors (Lipinski definition) is 6. The summed E-state index contributed by atoms with van der Waals surface area (Å²) in [4.78, 5) is 34.1. The maximum absolute atomic E-state index is 12.2. The average molecular weight is 362 g/mol. The van der Waals surface area contributed by atoms with E-state index in [0.29, 0.717) is 34.8 Å². The van der Waals surface area contributed by atoms with E-state index in [2.05, 4.69) is 0 Å². The summed E-state index contributed by atoms with van der Waals surface area (Å²) in [6.45, 7) is 0. The summed E-state index contributed by atoms with van der Waals surface area (Å²) in [5, 5.41) is 30.7. The van der Waals surface area contributed by atoms with Gasteiger partial charge in [0, 0.05) is 22.3 Å². The first-order valence-electron chi connectivity index (χ1n) is 7.89. The summed E-state index contributed by atoms with van der Waals surface area (Å²) in [6.07, 6.45) is 1.28. The molecule has 134 valence electrons. The monoisotopic (exact) mass is 362 g/mol. The van der Waals surface area contributed by atoms with Gasteiger partial charge in [0.05, 0.1) is 0 Å². The maximum atomic E-state index is 12.2. The molecule has 0 aliphatic heterocycles. The molecule has 0 saturated carbocycles. The van der Waals surface area contributed by atoms with Crippen molar-refractivity contribution in [1.82, 2.24) is 0 Å². The Hall–Kier alpha value is -3.93. The van der Waals surface area contributed by atoms with E-state index in [1.165, 1.54) is 36.4 Å². The second-order valence-corrected chi connectivity index (χ2v) is 5.83. The lowest BCUT2D eigenvalue weighted by atomic mass is 10.00. The van der Waals surface area contributed by atoms with Crippen LogP contribution in [0.25, 0.3) is 22.3 Å². The number of carbonyl (C=O) groups excluding carboxylic acids is 2. The molecule has 3 aromatic carbocycles. The van der Waals surface area contributed by atoms with Crippen LogP contribution in [-0.2, 0) is 0 Å². The molecule has 0 aliphatic carbocycles. The first-order valence-corrected chi connectivity index (χ1v) is 7.89. The third-order valence-electron chi connectivity index (χ3n) is 4.14. The van der Waals surface area contributed by atoms with Crippen LogP contribution in [0.4, 0.5) is 0 Å². The van der Waals surface area contributed by atoms with Crippen molar-refractivity contribution in [2.45, 2.75) is 0 Å². The summed E-state index contributed by atoms with van der Waals surface area (Å²) in [5.41, 5.74) is 0.486. The van der Waals surface area contributed by atoms with Crippen LogP contribution in [0.15, 0.2) is 59.4 Å². The molecule has 3 rings (SSSR count). The van der Waals surface area contributed by atoms with Gasteiger partial charge < -0.3 is 15.3 Å². The highest BCUT2D eigenvalue weighted by Crippen LogP contribution is 2.39. The van der Waals surface area contributed by atoms with E-state index in [1.54, 1.807) is 18.2 Å². The molecule has 6 nitrogen and oxygen atoms in total. The molecule has 3 aromatic rings. The van der Waals surface area contributed by atoms with Crippen molar-refractivity contribution < 1.29 is 24.9 Å². The normalized spacial score (nSPS) is 10.4. The first kappa shape index (κ1) is 17.9. The van der Waals surface area contributed by atoms with Gasteiger partial charge in [-0.25, -0.2) is 0 Å². The van der Waals surface area contributed by atoms with Gasteiger partial charge in [-0.05, 0) is 23.3 Å². The minimum Gasteiger partial charge on any atom is -0.504 e. The molecule has 0 fully saturated rings. The van der Waals surface area contributed by atoms with E-state index in [9.17, 15) is 29.7 Å². The predicted molar refractivity (Wildman–Crippen MR) is 99.4 cm³/mol. The molecule has 0 aliphatic rings. The molecule has 0 amide bonds. The average Bonchev–Trinajstić information content (AvgIpc) is 2.79. The molecular weight excluding hydrogens is 348 g/mol. The van der Waals surface area contributed by atoms with Gasteiger partial charge in [-0.3, -0.25) is 14.4 Å². The highest BCUT2D eigenvalue weighted by Gasteiger charge is 2.18. The number of carbonyl (C=O) groups is 2. The number of aldehydes is 2. The third-order valence-corrected chi connectivity index (χ3v) is 4.14. The summed E-state index contributed by atoms with van der Waals surface area (Å²) < 4.78 is 0. The zero-order valence-electron chi connectivity index (χ0n) is 13.9. The minimum absolute atomic E-state index is 0.0551. The number of benzene rings is 2. The SMILES string of the molecule is O=Cc1ccc(-c2cc(-c3cccc(C=O)c3)c(O)c(O)c(=O)c2O)cc1. The lowest BCUT2D eigenvalue weighted by Gasteiger charge is -2.05. The highest BCUT2D eigenvalue weighted by atomic mass is 16.3. The van der Waals surface area contributed by atoms with Crippen LogP contribution in [0, 0.1) is 0 Å². The fourth-order valence-corrected chi connectivity index (χ4v) is 2.71. The molecule has 0 unspecified atom stereocenters. The second kappa shape index (κ2) is 7.13. The van der Waals surface area contributed by atoms with Gasteiger partial charge in [0.15, 0.2) is 11.5 Å². The van der Waals surface area contributed by atoms with Gasteiger partial charge in [0.25, 0.3) is 5.43 Å². The van der Waals surface area contributed by atoms with Crippen LogP contribution in [-0.4, -0.2) is 27.9 Å². The van der Waals surface area contributed by atoms with Gasteiger partial charge in [-0.2, -0.15) is 0 Å². The molecule has 0 saturated heterocycles. The van der Waals surface area contributed by atoms with Crippen molar-refractivity contribution >= 4 is 12.6 Å². The Morgan fingerprint density at radius 2 is 1.26 bits per heavy atom. The molecular formula is C21H14O6. The molecule has 0 aromatic heterocycles. The van der Waals surface area contributed by atoms with E-state index in [-0.39, 0.29) is 11.1 Å². The molecule has 0 heterocycles. The molecule has 27 heavy (non-hydrogen) atoms. The van der Waals surface area contributed by atoms with Crippen LogP contribution in [0.1, 0.15) is 20.7 Å². The van der Waals surface area contributed by atoms with Crippen molar-refractivity contribution in [3.8, 4) is 39.5 Å². The Kier molecular flexibility index (Phi) is 4.72.